The molecule has 4 heteroatoms. The minimum atomic E-state index is -4.31. The van der Waals surface area contributed by atoms with E-state index in [0.29, 0.717) is 6.54 Å². The van der Waals surface area contributed by atoms with Crippen LogP contribution in [0.3, 0.4) is 0 Å². The molecule has 0 saturated heterocycles. The Morgan fingerprint density at radius 2 is 1.93 bits per heavy atom. The fraction of sp³-hybridized carbons (Fsp3) is 0.500. The predicted octanol–water partition coefficient (Wildman–Crippen LogP) is 3.53. The molecule has 0 N–H and O–H groups in total. The van der Waals surface area contributed by atoms with Crippen LogP contribution in [0.2, 0.25) is 0 Å². The number of alkyl halides is 3. The second kappa shape index (κ2) is 5.62. The van der Waals surface area contributed by atoms with E-state index in [-0.39, 0.29) is 5.57 Å². The van der Waals surface area contributed by atoms with E-state index in [1.165, 1.54) is 19.2 Å². The molecule has 0 rings (SSSR count). The third kappa shape index (κ3) is 4.25. The Bertz CT molecular complexity index is 259. The largest absolute Gasteiger partial charge is 0.416 e. The van der Waals surface area contributed by atoms with Crippen molar-refractivity contribution in [2.75, 3.05) is 6.54 Å². The molecule has 0 aliphatic heterocycles. The fourth-order valence-electron chi connectivity index (χ4n) is 0.914. The van der Waals surface area contributed by atoms with Crippen LogP contribution in [0.4, 0.5) is 13.2 Å². The summed E-state index contributed by atoms with van der Waals surface area (Å²) >= 11 is 0. The third-order valence-corrected chi connectivity index (χ3v) is 1.53. The smallest absolute Gasteiger partial charge is 0.293 e. The summed E-state index contributed by atoms with van der Waals surface area (Å²) in [4.78, 5) is 3.77. The van der Waals surface area contributed by atoms with Crippen molar-refractivity contribution in [2.24, 2.45) is 4.99 Å². The van der Waals surface area contributed by atoms with Gasteiger partial charge < -0.3 is 0 Å². The molecular weight excluding hydrogens is 191 g/mol. The molecule has 0 aliphatic carbocycles. The average molecular weight is 205 g/mol. The molecule has 0 unspecified atom stereocenters. The Morgan fingerprint density at radius 1 is 1.36 bits per heavy atom. The van der Waals surface area contributed by atoms with E-state index in [0.717, 1.165) is 6.08 Å². The van der Waals surface area contributed by atoms with E-state index in [4.69, 9.17) is 0 Å². The van der Waals surface area contributed by atoms with Crippen LogP contribution in [0.15, 0.2) is 28.3 Å². The lowest BCUT2D eigenvalue weighted by Gasteiger charge is -2.09. The van der Waals surface area contributed by atoms with Gasteiger partial charge in [-0.25, -0.2) is 0 Å². The standard InChI is InChI=1S/C10H14F3N/c1-4-6-9(10(11,12)13)8(3)7-14-5-2/h4,6-7H,5H2,1-3H3/b6-4+,9-8+,14-7-. The minimum absolute atomic E-state index is 0.137. The fourth-order valence-corrected chi connectivity index (χ4v) is 0.914. The molecule has 0 spiro atoms. The van der Waals surface area contributed by atoms with Gasteiger partial charge >= 0.3 is 6.18 Å². The highest BCUT2D eigenvalue weighted by Gasteiger charge is 2.32. The maximum absolute atomic E-state index is 12.4. The molecule has 80 valence electrons. The monoisotopic (exact) mass is 205 g/mol. The normalized spacial score (nSPS) is 15.3. The van der Waals surface area contributed by atoms with Gasteiger partial charge in [-0.05, 0) is 26.3 Å². The van der Waals surface area contributed by atoms with Gasteiger partial charge in [-0.2, -0.15) is 13.2 Å². The maximum Gasteiger partial charge on any atom is 0.416 e. The molecular formula is C10H14F3N. The molecule has 1 nitrogen and oxygen atoms in total. The Hall–Kier alpha value is -1.06. The van der Waals surface area contributed by atoms with Crippen molar-refractivity contribution < 1.29 is 13.2 Å². The summed E-state index contributed by atoms with van der Waals surface area (Å²) in [5.41, 5.74) is -0.505. The van der Waals surface area contributed by atoms with Gasteiger partial charge in [-0.3, -0.25) is 4.99 Å². The summed E-state index contributed by atoms with van der Waals surface area (Å²) < 4.78 is 37.2. The first-order chi connectivity index (χ1) is 6.43. The number of rotatable bonds is 3. The van der Waals surface area contributed by atoms with Crippen molar-refractivity contribution in [3.63, 3.8) is 0 Å². The van der Waals surface area contributed by atoms with E-state index in [1.54, 1.807) is 13.8 Å². The summed E-state index contributed by atoms with van der Waals surface area (Å²) in [7, 11) is 0. The van der Waals surface area contributed by atoms with Crippen LogP contribution in [0, 0.1) is 0 Å². The van der Waals surface area contributed by atoms with Gasteiger partial charge in [0, 0.05) is 12.8 Å². The van der Waals surface area contributed by atoms with Crippen molar-refractivity contribution in [1.29, 1.82) is 0 Å². The Kier molecular flexibility index (Phi) is 5.20. The first-order valence-electron chi connectivity index (χ1n) is 4.34. The molecule has 0 saturated carbocycles. The number of aliphatic imine (C=N–C) groups is 1. The Morgan fingerprint density at radius 3 is 2.29 bits per heavy atom. The van der Waals surface area contributed by atoms with Crippen LogP contribution in [0.5, 0.6) is 0 Å². The van der Waals surface area contributed by atoms with E-state index in [9.17, 15) is 13.2 Å². The average Bonchev–Trinajstić information content (AvgIpc) is 2.08. The van der Waals surface area contributed by atoms with Gasteiger partial charge in [-0.15, -0.1) is 0 Å². The molecule has 0 aromatic rings. The summed E-state index contributed by atoms with van der Waals surface area (Å²) in [6.45, 7) is 5.21. The lowest BCUT2D eigenvalue weighted by Crippen LogP contribution is -2.12. The number of hydrogen-bond donors (Lipinski definition) is 0. The van der Waals surface area contributed by atoms with Crippen molar-refractivity contribution in [3.05, 3.63) is 23.3 Å². The van der Waals surface area contributed by atoms with Crippen molar-refractivity contribution in [2.45, 2.75) is 26.9 Å². The quantitative estimate of drug-likeness (QED) is 0.493. The highest BCUT2D eigenvalue weighted by Crippen LogP contribution is 2.28. The molecule has 0 heterocycles. The predicted molar refractivity (Wildman–Crippen MR) is 52.6 cm³/mol. The molecule has 0 radical (unpaired) electrons. The van der Waals surface area contributed by atoms with Crippen LogP contribution in [-0.2, 0) is 0 Å². The summed E-state index contributed by atoms with van der Waals surface area (Å²) in [6.07, 6.45) is -0.637. The van der Waals surface area contributed by atoms with Gasteiger partial charge in [0.05, 0.1) is 5.57 Å². The van der Waals surface area contributed by atoms with Crippen LogP contribution >= 0.6 is 0 Å². The molecule has 0 aromatic carbocycles. The Labute approximate surface area is 82.0 Å². The number of nitrogens with zero attached hydrogens (tertiary/aromatic N) is 1. The summed E-state index contributed by atoms with van der Waals surface area (Å²) in [5, 5.41) is 0. The van der Waals surface area contributed by atoms with Gasteiger partial charge in [0.2, 0.25) is 0 Å². The van der Waals surface area contributed by atoms with Gasteiger partial charge in [-0.1, -0.05) is 12.2 Å². The molecule has 14 heavy (non-hydrogen) atoms. The SMILES string of the molecule is C/C=C/C(=C(C)\C=N/CC)C(F)(F)F. The second-order valence-corrected chi connectivity index (χ2v) is 2.72. The van der Waals surface area contributed by atoms with Crippen molar-refractivity contribution >= 4 is 6.21 Å². The number of hydrogen-bond acceptors (Lipinski definition) is 1. The van der Waals surface area contributed by atoms with Crippen molar-refractivity contribution in [3.8, 4) is 0 Å². The van der Waals surface area contributed by atoms with Crippen molar-refractivity contribution in [1.82, 2.24) is 0 Å². The van der Waals surface area contributed by atoms with E-state index >= 15 is 0 Å². The summed E-state index contributed by atoms with van der Waals surface area (Å²) in [6, 6.07) is 0. The topological polar surface area (TPSA) is 12.4 Å². The van der Waals surface area contributed by atoms with Gasteiger partial charge in [0.1, 0.15) is 0 Å². The molecule has 0 bridgehead atoms. The molecule has 0 atom stereocenters. The molecule has 0 aliphatic rings. The Balaban J connectivity index is 5.06. The van der Waals surface area contributed by atoms with E-state index in [1.807, 2.05) is 0 Å². The van der Waals surface area contributed by atoms with Crippen LogP contribution in [0.1, 0.15) is 20.8 Å². The van der Waals surface area contributed by atoms with E-state index < -0.39 is 11.7 Å². The van der Waals surface area contributed by atoms with Crippen LogP contribution in [0.25, 0.3) is 0 Å². The minimum Gasteiger partial charge on any atom is -0.293 e. The lowest BCUT2D eigenvalue weighted by molar-refractivity contribution is -0.0886. The first-order valence-corrected chi connectivity index (χ1v) is 4.34. The molecule has 0 amide bonds. The number of allylic oxidation sites excluding steroid dienone is 4. The zero-order valence-electron chi connectivity index (χ0n) is 8.52. The number of halogens is 3. The highest BCUT2D eigenvalue weighted by atomic mass is 19.4. The van der Waals surface area contributed by atoms with Gasteiger partial charge in [0.25, 0.3) is 0 Å². The highest BCUT2D eigenvalue weighted by molar-refractivity contribution is 5.80. The maximum atomic E-state index is 12.4. The van der Waals surface area contributed by atoms with Crippen LogP contribution in [-0.4, -0.2) is 18.9 Å². The van der Waals surface area contributed by atoms with Gasteiger partial charge in [0.15, 0.2) is 0 Å². The first kappa shape index (κ1) is 12.9. The van der Waals surface area contributed by atoms with E-state index in [2.05, 4.69) is 4.99 Å². The molecule has 0 fully saturated rings. The summed E-state index contributed by atoms with van der Waals surface area (Å²) in [5.74, 6) is 0. The third-order valence-electron chi connectivity index (χ3n) is 1.53. The van der Waals surface area contributed by atoms with Crippen LogP contribution < -0.4 is 0 Å². The lowest BCUT2D eigenvalue weighted by atomic mass is 10.1. The second-order valence-electron chi connectivity index (χ2n) is 2.72. The zero-order valence-corrected chi connectivity index (χ0v) is 8.52. The zero-order chi connectivity index (χ0) is 11.2. The molecule has 0 aromatic heterocycles.